The summed E-state index contributed by atoms with van der Waals surface area (Å²) in [4.78, 5) is 25.9. The summed E-state index contributed by atoms with van der Waals surface area (Å²) in [5, 5.41) is 30.5. The molecule has 4 N–H and O–H groups in total. The Labute approximate surface area is 130 Å². The van der Waals surface area contributed by atoms with Gasteiger partial charge < -0.3 is 20.6 Å². The first-order valence-corrected chi connectivity index (χ1v) is 7.81. The standard InChI is InChI=1S/C14H16N2O5S/c17-6-8-10(18)11(19)9-12(22-8)13(20)16(14(21)15-9)7-4-2-1-3-5-7/h1-5,8-12,17-19H,6H2,(H,15,21)/t8-,9-,10-,11-,12+/m1/s1. The van der Waals surface area contributed by atoms with Gasteiger partial charge in [-0.05, 0) is 12.1 Å². The topological polar surface area (TPSA) is 110 Å². The van der Waals surface area contributed by atoms with Gasteiger partial charge in [0.1, 0.15) is 11.4 Å². The number of aliphatic hydroxyl groups is 3. The second-order valence-corrected chi connectivity index (χ2v) is 6.63. The van der Waals surface area contributed by atoms with Gasteiger partial charge in [0.05, 0.1) is 29.7 Å². The van der Waals surface area contributed by atoms with Crippen LogP contribution in [0.25, 0.3) is 0 Å². The van der Waals surface area contributed by atoms with Gasteiger partial charge in [-0.25, -0.2) is 9.69 Å². The third-order valence-electron chi connectivity index (χ3n) is 3.90. The van der Waals surface area contributed by atoms with Gasteiger partial charge >= 0.3 is 6.03 Å². The highest BCUT2D eigenvalue weighted by atomic mass is 32.2. The van der Waals surface area contributed by atoms with Crippen molar-refractivity contribution in [1.82, 2.24) is 5.32 Å². The smallest absolute Gasteiger partial charge is 0.329 e. The van der Waals surface area contributed by atoms with Crippen molar-refractivity contribution in [2.24, 2.45) is 0 Å². The van der Waals surface area contributed by atoms with Gasteiger partial charge in [-0.1, -0.05) is 18.2 Å². The highest BCUT2D eigenvalue weighted by molar-refractivity contribution is 8.01. The number of hydrogen-bond donors (Lipinski definition) is 4. The summed E-state index contributed by atoms with van der Waals surface area (Å²) in [6.45, 7) is -0.362. The summed E-state index contributed by atoms with van der Waals surface area (Å²) in [7, 11) is 0. The van der Waals surface area contributed by atoms with E-state index in [1.54, 1.807) is 30.3 Å². The van der Waals surface area contributed by atoms with E-state index in [2.05, 4.69) is 5.32 Å². The summed E-state index contributed by atoms with van der Waals surface area (Å²) in [5.74, 6) is -0.464. The Morgan fingerprint density at radius 2 is 1.82 bits per heavy atom. The number of nitrogens with zero attached hydrogens (tertiary/aromatic N) is 1. The van der Waals surface area contributed by atoms with Crippen molar-refractivity contribution >= 4 is 29.4 Å². The molecule has 3 rings (SSSR count). The number of benzene rings is 1. The van der Waals surface area contributed by atoms with E-state index >= 15 is 0 Å². The van der Waals surface area contributed by atoms with Crippen LogP contribution in [0.1, 0.15) is 0 Å². The monoisotopic (exact) mass is 324 g/mol. The molecular formula is C14H16N2O5S. The Bertz CT molecular complexity index is 584. The lowest BCUT2D eigenvalue weighted by Crippen LogP contribution is -2.70. The molecule has 2 aliphatic heterocycles. The number of thioether (sulfide) groups is 1. The van der Waals surface area contributed by atoms with Crippen LogP contribution >= 0.6 is 11.8 Å². The molecule has 5 atom stereocenters. The van der Waals surface area contributed by atoms with Crippen LogP contribution in [0.4, 0.5) is 10.5 Å². The summed E-state index contributed by atoms with van der Waals surface area (Å²) in [6.07, 6.45) is -2.50. The number of aliphatic hydroxyl groups excluding tert-OH is 3. The van der Waals surface area contributed by atoms with Crippen molar-refractivity contribution in [2.45, 2.75) is 28.7 Å². The van der Waals surface area contributed by atoms with Crippen LogP contribution in [-0.4, -0.2) is 62.6 Å². The Kier molecular flexibility index (Phi) is 4.09. The molecule has 0 unspecified atom stereocenters. The highest BCUT2D eigenvalue weighted by Gasteiger charge is 2.52. The number of carbonyl (C=O) groups is 2. The zero-order valence-electron chi connectivity index (χ0n) is 11.5. The first-order chi connectivity index (χ1) is 10.5. The fraction of sp³-hybridized carbons (Fsp3) is 0.429. The number of amides is 3. The van der Waals surface area contributed by atoms with Crippen molar-refractivity contribution in [3.63, 3.8) is 0 Å². The van der Waals surface area contributed by atoms with Gasteiger partial charge in [-0.2, -0.15) is 0 Å². The number of fused-ring (bicyclic) bond motifs is 1. The van der Waals surface area contributed by atoms with E-state index < -0.39 is 40.7 Å². The van der Waals surface area contributed by atoms with Crippen molar-refractivity contribution in [1.29, 1.82) is 0 Å². The number of imide groups is 1. The zero-order chi connectivity index (χ0) is 15.9. The minimum absolute atomic E-state index is 0.362. The fourth-order valence-corrected chi connectivity index (χ4v) is 4.15. The molecule has 1 aromatic carbocycles. The van der Waals surface area contributed by atoms with E-state index in [0.717, 1.165) is 16.7 Å². The first kappa shape index (κ1) is 15.3. The number of nitrogens with one attached hydrogen (secondary N) is 1. The minimum Gasteiger partial charge on any atom is -0.395 e. The zero-order valence-corrected chi connectivity index (χ0v) is 12.3. The van der Waals surface area contributed by atoms with E-state index in [1.165, 1.54) is 0 Å². The second-order valence-electron chi connectivity index (χ2n) is 5.24. The van der Waals surface area contributed by atoms with Crippen molar-refractivity contribution in [3.8, 4) is 0 Å². The number of urea groups is 1. The van der Waals surface area contributed by atoms with Crippen LogP contribution in [0.5, 0.6) is 0 Å². The van der Waals surface area contributed by atoms with Gasteiger partial charge in [-0.15, -0.1) is 11.8 Å². The van der Waals surface area contributed by atoms with E-state index in [4.69, 9.17) is 0 Å². The Morgan fingerprint density at radius 1 is 1.14 bits per heavy atom. The molecule has 8 heteroatoms. The molecule has 118 valence electrons. The predicted octanol–water partition coefficient (Wildman–Crippen LogP) is -0.691. The summed E-state index contributed by atoms with van der Waals surface area (Å²) in [6, 6.07) is 6.97. The molecule has 0 aromatic heterocycles. The van der Waals surface area contributed by atoms with Crippen molar-refractivity contribution < 1.29 is 24.9 Å². The minimum atomic E-state index is -1.30. The average Bonchev–Trinajstić information content (AvgIpc) is 2.52. The lowest BCUT2D eigenvalue weighted by Gasteiger charge is -2.45. The maximum atomic E-state index is 12.7. The molecular weight excluding hydrogens is 308 g/mol. The molecule has 0 aliphatic carbocycles. The van der Waals surface area contributed by atoms with Crippen LogP contribution in [0.15, 0.2) is 30.3 Å². The SMILES string of the molecule is O=C1N[C@@H]2[C@@H](O)[C@H](O)[C@@H](CO)S[C@@H]2C(=O)N1c1ccccc1. The number of carbonyl (C=O) groups excluding carboxylic acids is 2. The molecule has 0 spiro atoms. The van der Waals surface area contributed by atoms with Gasteiger partial charge in [0, 0.05) is 0 Å². The average molecular weight is 324 g/mol. The van der Waals surface area contributed by atoms with Crippen LogP contribution in [0.2, 0.25) is 0 Å². The van der Waals surface area contributed by atoms with E-state index in [1.807, 2.05) is 0 Å². The number of anilines is 1. The molecule has 3 amide bonds. The lowest BCUT2D eigenvalue weighted by molar-refractivity contribution is -0.120. The number of rotatable bonds is 2. The Balaban J connectivity index is 1.91. The molecule has 2 aliphatic rings. The molecule has 0 saturated carbocycles. The quantitative estimate of drug-likeness (QED) is 0.573. The van der Waals surface area contributed by atoms with E-state index in [9.17, 15) is 24.9 Å². The second kappa shape index (κ2) is 5.88. The first-order valence-electron chi connectivity index (χ1n) is 6.86. The molecule has 2 saturated heterocycles. The predicted molar refractivity (Wildman–Crippen MR) is 80.5 cm³/mol. The molecule has 0 bridgehead atoms. The largest absolute Gasteiger partial charge is 0.395 e. The number of hydrogen-bond acceptors (Lipinski definition) is 6. The van der Waals surface area contributed by atoms with Crippen LogP contribution in [0.3, 0.4) is 0 Å². The highest BCUT2D eigenvalue weighted by Crippen LogP contribution is 2.36. The van der Waals surface area contributed by atoms with Crippen LogP contribution < -0.4 is 10.2 Å². The summed E-state index contributed by atoms with van der Waals surface area (Å²) in [5.41, 5.74) is 0.435. The Hall–Kier alpha value is -1.61. The molecule has 2 fully saturated rings. The van der Waals surface area contributed by atoms with E-state index in [0.29, 0.717) is 5.69 Å². The van der Waals surface area contributed by atoms with E-state index in [-0.39, 0.29) is 6.61 Å². The third kappa shape index (κ3) is 2.38. The third-order valence-corrected chi connectivity index (χ3v) is 5.46. The van der Waals surface area contributed by atoms with Gasteiger partial charge in [0.25, 0.3) is 5.91 Å². The molecule has 22 heavy (non-hydrogen) atoms. The Morgan fingerprint density at radius 3 is 2.45 bits per heavy atom. The summed E-state index contributed by atoms with van der Waals surface area (Å²) < 4.78 is 0. The maximum absolute atomic E-state index is 12.7. The maximum Gasteiger partial charge on any atom is 0.329 e. The van der Waals surface area contributed by atoms with Gasteiger partial charge in [-0.3, -0.25) is 4.79 Å². The van der Waals surface area contributed by atoms with Crippen molar-refractivity contribution in [3.05, 3.63) is 30.3 Å². The van der Waals surface area contributed by atoms with Crippen LogP contribution in [-0.2, 0) is 4.79 Å². The van der Waals surface area contributed by atoms with Gasteiger partial charge in [0.2, 0.25) is 0 Å². The summed E-state index contributed by atoms with van der Waals surface area (Å²) >= 11 is 1.07. The van der Waals surface area contributed by atoms with Crippen molar-refractivity contribution in [2.75, 3.05) is 11.5 Å². The van der Waals surface area contributed by atoms with Gasteiger partial charge in [0.15, 0.2) is 0 Å². The normalized spacial score (nSPS) is 35.0. The lowest BCUT2D eigenvalue weighted by atomic mass is 9.96. The number of para-hydroxylation sites is 1. The molecule has 2 heterocycles. The van der Waals surface area contributed by atoms with Crippen LogP contribution in [0, 0.1) is 0 Å². The molecule has 1 aromatic rings. The molecule has 0 radical (unpaired) electrons. The molecule has 7 nitrogen and oxygen atoms in total. The fourth-order valence-electron chi connectivity index (χ4n) is 2.74.